The van der Waals surface area contributed by atoms with Crippen molar-refractivity contribution >= 4 is 24.9 Å². The van der Waals surface area contributed by atoms with Crippen LogP contribution in [0.25, 0.3) is 11.1 Å². The number of nitrogens with two attached hydrogens (primary N) is 2. The summed E-state index contributed by atoms with van der Waals surface area (Å²) < 4.78 is 0. The molecule has 4 N–H and O–H groups in total. The molecule has 2 aliphatic carbocycles. The molecule has 2 aliphatic rings. The minimum atomic E-state index is 0. The Morgan fingerprint density at radius 1 is 0.889 bits per heavy atom. The first-order chi connectivity index (χ1) is 3.80. The van der Waals surface area contributed by atoms with Crippen molar-refractivity contribution in [1.82, 2.24) is 0 Å². The second-order valence-corrected chi connectivity index (χ2v) is 1.99. The Labute approximate surface area is 60.3 Å². The minimum Gasteiger partial charge on any atom is -0.397 e. The first-order valence-corrected chi connectivity index (χ1v) is 2.49. The summed E-state index contributed by atoms with van der Waals surface area (Å²) in [4.78, 5) is 0. The molecule has 0 bridgehead atoms. The van der Waals surface area contributed by atoms with Crippen LogP contribution in [-0.4, -0.2) is 0 Å². The lowest BCUT2D eigenvalue weighted by Gasteiger charge is -2.21. The molecule has 0 saturated heterocycles. The minimum absolute atomic E-state index is 0. The molecule has 0 amide bonds. The van der Waals surface area contributed by atoms with Crippen molar-refractivity contribution in [3.63, 3.8) is 0 Å². The monoisotopic (exact) mass is 140 g/mol. The first-order valence-electron chi connectivity index (χ1n) is 2.49. The summed E-state index contributed by atoms with van der Waals surface area (Å²) in [5, 5.41) is 0. The van der Waals surface area contributed by atoms with Crippen LogP contribution < -0.4 is 11.5 Å². The maximum Gasteiger partial charge on any atom is 0.0634 e. The van der Waals surface area contributed by atoms with Crippen molar-refractivity contribution in [2.45, 2.75) is 0 Å². The van der Waals surface area contributed by atoms with E-state index < -0.39 is 0 Å². The number of nitrogen functional groups attached to an aromatic ring is 2. The van der Waals surface area contributed by atoms with Crippen molar-refractivity contribution in [3.8, 4) is 11.1 Å². The first kappa shape index (κ1) is 6.29. The van der Waals surface area contributed by atoms with Gasteiger partial charge in [0.1, 0.15) is 0 Å². The molecule has 0 radical (unpaired) electrons. The van der Waals surface area contributed by atoms with Crippen LogP contribution in [-0.2, 0) is 0 Å². The third kappa shape index (κ3) is 0.471. The largest absolute Gasteiger partial charge is 0.397 e. The van der Waals surface area contributed by atoms with Crippen molar-refractivity contribution < 1.29 is 0 Å². The molecule has 0 unspecified atom stereocenters. The summed E-state index contributed by atoms with van der Waals surface area (Å²) in [6.45, 7) is 0. The fourth-order valence-corrected chi connectivity index (χ4v) is 0.947. The maximum atomic E-state index is 5.45. The van der Waals surface area contributed by atoms with Gasteiger partial charge in [-0.15, -0.1) is 0 Å². The molecule has 0 aromatic heterocycles. The summed E-state index contributed by atoms with van der Waals surface area (Å²) in [6.07, 6.45) is 0. The third-order valence-electron chi connectivity index (χ3n) is 1.58. The van der Waals surface area contributed by atoms with Crippen molar-refractivity contribution in [1.29, 1.82) is 0 Å². The summed E-state index contributed by atoms with van der Waals surface area (Å²) in [7, 11) is 0. The Kier molecular flexibility index (Phi) is 1.10. The van der Waals surface area contributed by atoms with Gasteiger partial charge in [0.25, 0.3) is 0 Å². The zero-order chi connectivity index (χ0) is 5.72. The van der Waals surface area contributed by atoms with E-state index >= 15 is 0 Å². The van der Waals surface area contributed by atoms with Crippen molar-refractivity contribution in [2.24, 2.45) is 0 Å². The molecule has 0 aromatic carbocycles. The van der Waals surface area contributed by atoms with Gasteiger partial charge in [0.15, 0.2) is 0 Å². The zero-order valence-electron chi connectivity index (χ0n) is 4.81. The number of anilines is 2. The van der Waals surface area contributed by atoms with Crippen LogP contribution in [0.3, 0.4) is 0 Å². The highest BCUT2D eigenvalue weighted by Gasteiger charge is 2.20. The van der Waals surface area contributed by atoms with Gasteiger partial charge < -0.3 is 11.5 Å². The number of rotatable bonds is 0. The second kappa shape index (κ2) is 1.57. The van der Waals surface area contributed by atoms with Gasteiger partial charge in [0.2, 0.25) is 0 Å². The van der Waals surface area contributed by atoms with E-state index in [2.05, 4.69) is 0 Å². The number of hydrogen-bond donors (Lipinski definition) is 2. The van der Waals surface area contributed by atoms with Crippen LogP contribution in [0.4, 0.5) is 11.4 Å². The lowest BCUT2D eigenvalue weighted by molar-refractivity contribution is 1.53. The van der Waals surface area contributed by atoms with E-state index in [0.717, 1.165) is 22.5 Å². The molecule has 3 heteroatoms. The van der Waals surface area contributed by atoms with Crippen molar-refractivity contribution in [2.75, 3.05) is 11.5 Å². The molecule has 0 atom stereocenters. The van der Waals surface area contributed by atoms with E-state index in [9.17, 15) is 0 Å². The fraction of sp³-hybridized carbons (Fsp3) is 0. The van der Waals surface area contributed by atoms with Crippen molar-refractivity contribution in [3.05, 3.63) is 12.1 Å². The Balaban J connectivity index is 0.000000405. The Hall–Kier alpha value is -0.830. The molecule has 0 aliphatic heterocycles. The molecule has 0 spiro atoms. The average molecular weight is 140 g/mol. The second-order valence-electron chi connectivity index (χ2n) is 1.99. The Morgan fingerprint density at radius 2 is 1.22 bits per heavy atom. The lowest BCUT2D eigenvalue weighted by atomic mass is 9.88. The molecule has 0 fully saturated rings. The van der Waals surface area contributed by atoms with Gasteiger partial charge in [-0.2, -0.15) is 13.5 Å². The quantitative estimate of drug-likeness (QED) is 0.535. The third-order valence-corrected chi connectivity index (χ3v) is 1.58. The van der Waals surface area contributed by atoms with Gasteiger partial charge in [0.05, 0.1) is 11.4 Å². The van der Waals surface area contributed by atoms with Gasteiger partial charge in [-0.1, -0.05) is 12.1 Å². The molecule has 48 valence electrons. The molecule has 0 saturated carbocycles. The maximum absolute atomic E-state index is 5.45. The predicted octanol–water partition coefficient (Wildman–Crippen LogP) is 0.944. The highest BCUT2D eigenvalue weighted by atomic mass is 32.1. The molecule has 9 heavy (non-hydrogen) atoms. The lowest BCUT2D eigenvalue weighted by Crippen LogP contribution is -2.07. The van der Waals surface area contributed by atoms with Gasteiger partial charge in [-0.3, -0.25) is 0 Å². The van der Waals surface area contributed by atoms with Gasteiger partial charge >= 0.3 is 0 Å². The van der Waals surface area contributed by atoms with E-state index in [1.807, 2.05) is 12.1 Å². The van der Waals surface area contributed by atoms with Crippen LogP contribution >= 0.6 is 13.5 Å². The zero-order valence-corrected chi connectivity index (χ0v) is 5.81. The summed E-state index contributed by atoms with van der Waals surface area (Å²) in [6, 6.07) is 3.95. The van der Waals surface area contributed by atoms with Gasteiger partial charge in [0, 0.05) is 11.1 Å². The topological polar surface area (TPSA) is 52.0 Å². The Morgan fingerprint density at radius 3 is 1.33 bits per heavy atom. The van der Waals surface area contributed by atoms with Crippen LogP contribution in [0.1, 0.15) is 0 Å². The normalized spacial score (nSPS) is 10.2. The molecular formula is C6H8N2S. The highest BCUT2D eigenvalue weighted by Crippen LogP contribution is 2.47. The van der Waals surface area contributed by atoms with E-state index in [-0.39, 0.29) is 13.5 Å². The molecule has 0 aromatic rings. The smallest absolute Gasteiger partial charge is 0.0634 e. The standard InChI is InChI=1S/C6H6N2.H2S/c7-5-3-1-2-4(3)6(5)8;/h1-2H,7-8H2;1H2. The van der Waals surface area contributed by atoms with E-state index in [4.69, 9.17) is 11.5 Å². The summed E-state index contributed by atoms with van der Waals surface area (Å²) in [5.74, 6) is 0. The van der Waals surface area contributed by atoms with E-state index in [0.29, 0.717) is 0 Å². The van der Waals surface area contributed by atoms with Crippen LogP contribution in [0, 0.1) is 0 Å². The van der Waals surface area contributed by atoms with E-state index in [1.165, 1.54) is 0 Å². The van der Waals surface area contributed by atoms with E-state index in [1.54, 1.807) is 0 Å². The number of benzene rings is 1. The highest BCUT2D eigenvalue weighted by molar-refractivity contribution is 7.59. The molecule has 2 rings (SSSR count). The summed E-state index contributed by atoms with van der Waals surface area (Å²) >= 11 is 0. The Bertz CT molecular complexity index is 230. The van der Waals surface area contributed by atoms with Gasteiger partial charge in [-0.25, -0.2) is 0 Å². The SMILES string of the molecule is Nc1c2ccc-2c1N.S. The average Bonchev–Trinajstić information content (AvgIpc) is 1.64. The molecule has 2 nitrogen and oxygen atoms in total. The number of hydrogen-bond acceptors (Lipinski definition) is 2. The summed E-state index contributed by atoms with van der Waals surface area (Å²) in [5.41, 5.74) is 14.7. The van der Waals surface area contributed by atoms with Crippen LogP contribution in [0.15, 0.2) is 12.1 Å². The van der Waals surface area contributed by atoms with Crippen LogP contribution in [0.5, 0.6) is 0 Å². The number of fused-ring (bicyclic) bond motifs is 1. The van der Waals surface area contributed by atoms with Gasteiger partial charge in [-0.05, 0) is 0 Å². The predicted molar refractivity (Wildman–Crippen MR) is 44.6 cm³/mol. The fourth-order valence-electron chi connectivity index (χ4n) is 0.947. The molecular weight excluding hydrogens is 132 g/mol. The molecule has 0 heterocycles. The van der Waals surface area contributed by atoms with Crippen LogP contribution in [0.2, 0.25) is 0 Å².